The van der Waals surface area contributed by atoms with Crippen molar-refractivity contribution in [2.24, 2.45) is 0 Å². The highest BCUT2D eigenvalue weighted by molar-refractivity contribution is 8.15. The van der Waals surface area contributed by atoms with E-state index in [1.165, 1.54) is 6.07 Å². The number of rotatable bonds is 8. The topological polar surface area (TPSA) is 109 Å². The molecule has 0 radical (unpaired) electrons. The lowest BCUT2D eigenvalue weighted by atomic mass is 9.91. The predicted octanol–water partition coefficient (Wildman–Crippen LogP) is 4.56. The Kier molecular flexibility index (Phi) is 7.86. The van der Waals surface area contributed by atoms with Gasteiger partial charge in [0.15, 0.2) is 0 Å². The number of carbonyl (C=O) groups is 2. The molecule has 190 valence electrons. The van der Waals surface area contributed by atoms with E-state index in [1.807, 2.05) is 18.2 Å². The lowest BCUT2D eigenvalue weighted by molar-refractivity contribution is -0.118. The maximum atomic E-state index is 13.9. The van der Waals surface area contributed by atoms with Crippen molar-refractivity contribution in [2.75, 3.05) is 5.32 Å². The molecule has 1 unspecified atom stereocenters. The number of pyridine rings is 1. The van der Waals surface area contributed by atoms with E-state index in [4.69, 9.17) is 0 Å². The van der Waals surface area contributed by atoms with Crippen LogP contribution >= 0.6 is 11.8 Å². The van der Waals surface area contributed by atoms with Gasteiger partial charge in [-0.1, -0.05) is 18.2 Å². The van der Waals surface area contributed by atoms with Crippen LogP contribution in [0.4, 0.5) is 15.1 Å². The summed E-state index contributed by atoms with van der Waals surface area (Å²) in [6, 6.07) is 11.1. The molecule has 1 aliphatic carbocycles. The SMILES string of the molecule is O=C1NC(=O)C(/C=C\c2ccnc(NC3CCC(NCc4ccc(F)cc4-c4cccnc4)CC3)n2)S1. The first-order valence-electron chi connectivity index (χ1n) is 12.2. The van der Waals surface area contributed by atoms with Gasteiger partial charge in [-0.3, -0.25) is 19.9 Å². The first-order chi connectivity index (χ1) is 18.0. The van der Waals surface area contributed by atoms with E-state index in [0.29, 0.717) is 24.2 Å². The molecule has 2 amide bonds. The molecule has 37 heavy (non-hydrogen) atoms. The van der Waals surface area contributed by atoms with Crippen LogP contribution < -0.4 is 16.0 Å². The number of halogens is 1. The van der Waals surface area contributed by atoms with E-state index >= 15 is 0 Å². The molecule has 1 saturated carbocycles. The molecular weight excluding hydrogens is 491 g/mol. The normalized spacial score (nSPS) is 21.8. The first kappa shape index (κ1) is 25.0. The zero-order chi connectivity index (χ0) is 25.6. The van der Waals surface area contributed by atoms with Crippen molar-refractivity contribution in [1.82, 2.24) is 25.6 Å². The number of hydrogen-bond acceptors (Lipinski definition) is 8. The van der Waals surface area contributed by atoms with Crippen LogP contribution in [-0.4, -0.2) is 43.4 Å². The number of nitrogens with zero attached hydrogens (tertiary/aromatic N) is 3. The molecule has 1 atom stereocenters. The van der Waals surface area contributed by atoms with E-state index < -0.39 is 5.25 Å². The van der Waals surface area contributed by atoms with Crippen LogP contribution in [-0.2, 0) is 11.3 Å². The maximum Gasteiger partial charge on any atom is 0.286 e. The minimum atomic E-state index is -0.531. The molecule has 3 N–H and O–H groups in total. The molecule has 8 nitrogen and oxygen atoms in total. The van der Waals surface area contributed by atoms with Crippen molar-refractivity contribution >= 4 is 34.9 Å². The van der Waals surface area contributed by atoms with Crippen molar-refractivity contribution in [2.45, 2.75) is 49.6 Å². The Morgan fingerprint density at radius 3 is 2.68 bits per heavy atom. The summed E-state index contributed by atoms with van der Waals surface area (Å²) in [6.45, 7) is 0.660. The van der Waals surface area contributed by atoms with E-state index in [1.54, 1.807) is 42.9 Å². The van der Waals surface area contributed by atoms with Crippen molar-refractivity contribution in [1.29, 1.82) is 0 Å². The molecule has 1 aromatic carbocycles. The van der Waals surface area contributed by atoms with Gasteiger partial charge in [0.25, 0.3) is 5.24 Å². The van der Waals surface area contributed by atoms with Crippen LogP contribution in [0.25, 0.3) is 17.2 Å². The number of hydrogen-bond donors (Lipinski definition) is 3. The highest BCUT2D eigenvalue weighted by Crippen LogP contribution is 2.26. The van der Waals surface area contributed by atoms with Crippen molar-refractivity contribution < 1.29 is 14.0 Å². The summed E-state index contributed by atoms with van der Waals surface area (Å²) in [5.74, 6) is -0.0173. The lowest BCUT2D eigenvalue weighted by Crippen LogP contribution is -2.37. The Hall–Kier alpha value is -3.63. The summed E-state index contributed by atoms with van der Waals surface area (Å²) in [5.41, 5.74) is 3.48. The van der Waals surface area contributed by atoms with Crippen LogP contribution in [0.1, 0.15) is 36.9 Å². The molecular formula is C27H27FN6O2S. The Labute approximate surface area is 218 Å². The summed E-state index contributed by atoms with van der Waals surface area (Å²) in [4.78, 5) is 36.1. The van der Waals surface area contributed by atoms with Crippen molar-refractivity contribution in [3.05, 3.63) is 78.1 Å². The molecule has 5 rings (SSSR count). The van der Waals surface area contributed by atoms with Gasteiger partial charge < -0.3 is 10.6 Å². The second-order valence-corrected chi connectivity index (χ2v) is 10.2. The second-order valence-electron chi connectivity index (χ2n) is 9.10. The van der Waals surface area contributed by atoms with Crippen LogP contribution in [0.2, 0.25) is 0 Å². The molecule has 2 aromatic heterocycles. The molecule has 1 aliphatic heterocycles. The quantitative estimate of drug-likeness (QED) is 0.398. The fourth-order valence-corrected chi connectivity index (χ4v) is 5.30. The Bertz CT molecular complexity index is 1300. The first-order valence-corrected chi connectivity index (χ1v) is 13.1. The van der Waals surface area contributed by atoms with Gasteiger partial charge in [0, 0.05) is 42.8 Å². The number of benzene rings is 1. The average molecular weight is 519 g/mol. The molecule has 2 aliphatic rings. The number of nitrogens with one attached hydrogen (secondary N) is 3. The van der Waals surface area contributed by atoms with E-state index in [-0.39, 0.29) is 23.0 Å². The van der Waals surface area contributed by atoms with Crippen LogP contribution in [0.3, 0.4) is 0 Å². The standard InChI is InChI=1S/C27H27FN6O2S/c28-19-4-3-18(23(14-19)17-2-1-12-29-15-17)16-31-20-5-7-21(8-6-20)32-26-30-13-11-22(33-26)9-10-24-25(35)34-27(36)37-24/h1-4,9-15,20-21,24,31H,5-8,16H2,(H,30,32,33)(H,34,35,36)/b10-9-. The number of thioether (sulfide) groups is 1. The summed E-state index contributed by atoms with van der Waals surface area (Å²) in [5, 5.41) is 8.47. The average Bonchev–Trinajstić information content (AvgIpc) is 3.25. The van der Waals surface area contributed by atoms with Gasteiger partial charge in [0.2, 0.25) is 11.9 Å². The number of carbonyl (C=O) groups excluding carboxylic acids is 2. The number of amides is 2. The fourth-order valence-electron chi connectivity index (χ4n) is 4.59. The third-order valence-corrected chi connectivity index (χ3v) is 7.46. The van der Waals surface area contributed by atoms with E-state index in [9.17, 15) is 14.0 Å². The molecule has 3 heterocycles. The zero-order valence-corrected chi connectivity index (χ0v) is 20.9. The Balaban J connectivity index is 1.12. The van der Waals surface area contributed by atoms with Crippen molar-refractivity contribution in [3.8, 4) is 11.1 Å². The maximum absolute atomic E-state index is 13.9. The summed E-state index contributed by atoms with van der Waals surface area (Å²) in [7, 11) is 0. The highest BCUT2D eigenvalue weighted by atomic mass is 32.2. The number of imide groups is 1. The monoisotopic (exact) mass is 518 g/mol. The minimum absolute atomic E-state index is 0.256. The van der Waals surface area contributed by atoms with Gasteiger partial charge in [-0.15, -0.1) is 0 Å². The summed E-state index contributed by atoms with van der Waals surface area (Å²) >= 11 is 0.958. The smallest absolute Gasteiger partial charge is 0.286 e. The van der Waals surface area contributed by atoms with Gasteiger partial charge in [-0.25, -0.2) is 14.4 Å². The van der Waals surface area contributed by atoms with E-state index in [0.717, 1.165) is 54.1 Å². The van der Waals surface area contributed by atoms with Crippen LogP contribution in [0.15, 0.2) is 61.1 Å². The van der Waals surface area contributed by atoms with Gasteiger partial charge >= 0.3 is 0 Å². The lowest BCUT2D eigenvalue weighted by Gasteiger charge is -2.30. The molecule has 10 heteroatoms. The highest BCUT2D eigenvalue weighted by Gasteiger charge is 2.29. The summed E-state index contributed by atoms with van der Waals surface area (Å²) < 4.78 is 13.9. The second kappa shape index (κ2) is 11.6. The van der Waals surface area contributed by atoms with Gasteiger partial charge in [0.05, 0.1) is 5.69 Å². The zero-order valence-electron chi connectivity index (χ0n) is 20.1. The molecule has 3 aromatic rings. The van der Waals surface area contributed by atoms with Crippen molar-refractivity contribution in [3.63, 3.8) is 0 Å². The van der Waals surface area contributed by atoms with Gasteiger partial charge in [-0.05, 0) is 78.9 Å². The third-order valence-electron chi connectivity index (χ3n) is 6.52. The molecule has 1 saturated heterocycles. The van der Waals surface area contributed by atoms with Crippen LogP contribution in [0.5, 0.6) is 0 Å². The molecule has 0 bridgehead atoms. The van der Waals surface area contributed by atoms with Gasteiger partial charge in [-0.2, -0.15) is 0 Å². The largest absolute Gasteiger partial charge is 0.351 e. The third kappa shape index (κ3) is 6.58. The van der Waals surface area contributed by atoms with Crippen LogP contribution in [0, 0.1) is 5.82 Å². The number of anilines is 1. The minimum Gasteiger partial charge on any atom is -0.351 e. The Morgan fingerprint density at radius 2 is 1.92 bits per heavy atom. The Morgan fingerprint density at radius 1 is 1.08 bits per heavy atom. The molecule has 0 spiro atoms. The fraction of sp³-hybridized carbons (Fsp3) is 0.296. The predicted molar refractivity (Wildman–Crippen MR) is 142 cm³/mol. The summed E-state index contributed by atoms with van der Waals surface area (Å²) in [6.07, 6.45) is 12.5. The van der Waals surface area contributed by atoms with Gasteiger partial charge in [0.1, 0.15) is 11.1 Å². The molecule has 2 fully saturated rings. The van der Waals surface area contributed by atoms with E-state index in [2.05, 4.69) is 30.9 Å². The number of aromatic nitrogens is 3.